The van der Waals surface area contributed by atoms with E-state index < -0.39 is 10.2 Å². The fourth-order valence-corrected chi connectivity index (χ4v) is 4.88. The van der Waals surface area contributed by atoms with E-state index in [9.17, 15) is 8.42 Å². The van der Waals surface area contributed by atoms with Crippen molar-refractivity contribution in [2.24, 2.45) is 5.92 Å². The van der Waals surface area contributed by atoms with Crippen LogP contribution < -0.4 is 4.90 Å². The number of aromatic nitrogens is 2. The minimum atomic E-state index is -3.32. The maximum absolute atomic E-state index is 12.7. The van der Waals surface area contributed by atoms with Crippen LogP contribution in [0.4, 0.5) is 5.82 Å². The molecule has 3 rings (SSSR count). The highest BCUT2D eigenvalue weighted by Crippen LogP contribution is 2.22. The van der Waals surface area contributed by atoms with Crippen molar-refractivity contribution in [1.29, 1.82) is 0 Å². The highest BCUT2D eigenvalue weighted by atomic mass is 32.2. The molecule has 0 aromatic carbocycles. The molecule has 0 spiro atoms. The second-order valence-electron chi connectivity index (χ2n) is 6.06. The molecule has 1 atom stereocenters. The summed E-state index contributed by atoms with van der Waals surface area (Å²) in [6, 6.07) is 0. The fourth-order valence-electron chi connectivity index (χ4n) is 3.12. The Morgan fingerprint density at radius 2 is 1.86 bits per heavy atom. The van der Waals surface area contributed by atoms with Crippen molar-refractivity contribution in [2.75, 3.05) is 44.2 Å². The van der Waals surface area contributed by atoms with Crippen LogP contribution >= 0.6 is 0 Å². The molecule has 0 aliphatic carbocycles. The molecule has 2 fully saturated rings. The molecule has 0 saturated carbocycles. The third kappa shape index (κ3) is 3.23. The molecule has 0 radical (unpaired) electrons. The van der Waals surface area contributed by atoms with Crippen molar-refractivity contribution in [1.82, 2.24) is 18.6 Å². The van der Waals surface area contributed by atoms with Gasteiger partial charge >= 0.3 is 0 Å². The quantitative estimate of drug-likeness (QED) is 0.813. The second-order valence-corrected chi connectivity index (χ2v) is 7.99. The molecule has 22 heavy (non-hydrogen) atoms. The molecule has 0 unspecified atom stereocenters. The van der Waals surface area contributed by atoms with Crippen molar-refractivity contribution in [3.05, 3.63) is 18.6 Å². The molecule has 8 heteroatoms. The lowest BCUT2D eigenvalue weighted by Gasteiger charge is -2.39. The van der Waals surface area contributed by atoms with Crippen LogP contribution in [0.15, 0.2) is 18.6 Å². The minimum absolute atomic E-state index is 0.449. The van der Waals surface area contributed by atoms with Crippen LogP contribution in [0.25, 0.3) is 0 Å². The van der Waals surface area contributed by atoms with Crippen LogP contribution in [0, 0.1) is 5.92 Å². The van der Waals surface area contributed by atoms with Gasteiger partial charge in [0.05, 0.1) is 6.20 Å². The Labute approximate surface area is 132 Å². The van der Waals surface area contributed by atoms with Gasteiger partial charge in [-0.1, -0.05) is 6.92 Å². The Morgan fingerprint density at radius 1 is 1.09 bits per heavy atom. The summed E-state index contributed by atoms with van der Waals surface area (Å²) in [6.07, 6.45) is 7.10. The van der Waals surface area contributed by atoms with Crippen LogP contribution in [0.2, 0.25) is 0 Å². The number of hydrogen-bond donors (Lipinski definition) is 0. The van der Waals surface area contributed by atoms with Crippen LogP contribution in [0.1, 0.15) is 19.8 Å². The SMILES string of the molecule is C[C@H]1CCCN(S(=O)(=O)N2CCN(c3cnccn3)CC2)C1. The van der Waals surface area contributed by atoms with E-state index in [1.54, 1.807) is 27.2 Å². The minimum Gasteiger partial charge on any atom is -0.353 e. The average molecular weight is 325 g/mol. The van der Waals surface area contributed by atoms with Gasteiger partial charge in [0.2, 0.25) is 0 Å². The van der Waals surface area contributed by atoms with E-state index in [2.05, 4.69) is 21.8 Å². The van der Waals surface area contributed by atoms with Gasteiger partial charge in [0.15, 0.2) is 0 Å². The van der Waals surface area contributed by atoms with Gasteiger partial charge in [0, 0.05) is 51.7 Å². The molecular weight excluding hydrogens is 302 g/mol. The lowest BCUT2D eigenvalue weighted by atomic mass is 10.0. The number of hydrogen-bond acceptors (Lipinski definition) is 5. The largest absolute Gasteiger partial charge is 0.353 e. The molecule has 3 heterocycles. The molecule has 1 aromatic heterocycles. The summed E-state index contributed by atoms with van der Waals surface area (Å²) >= 11 is 0. The number of piperidine rings is 1. The first-order valence-electron chi connectivity index (χ1n) is 7.83. The van der Waals surface area contributed by atoms with Crippen LogP contribution in [-0.2, 0) is 10.2 Å². The summed E-state index contributed by atoms with van der Waals surface area (Å²) in [6.45, 7) is 5.73. The standard InChI is InChI=1S/C14H23N5O2S/c1-13-3-2-6-19(12-13)22(20,21)18-9-7-17(8-10-18)14-11-15-4-5-16-14/h4-5,11,13H,2-3,6-10,12H2,1H3/t13-/m0/s1. The van der Waals surface area contributed by atoms with Gasteiger partial charge in [-0.25, -0.2) is 4.98 Å². The molecule has 0 bridgehead atoms. The van der Waals surface area contributed by atoms with Gasteiger partial charge in [-0.05, 0) is 18.8 Å². The third-order valence-corrected chi connectivity index (χ3v) is 6.39. The molecule has 2 aliphatic heterocycles. The Kier molecular flexibility index (Phi) is 4.60. The molecule has 2 aliphatic rings. The van der Waals surface area contributed by atoms with Crippen LogP contribution in [0.5, 0.6) is 0 Å². The molecule has 2 saturated heterocycles. The molecule has 1 aromatic rings. The number of anilines is 1. The van der Waals surface area contributed by atoms with Crippen molar-refractivity contribution in [3.63, 3.8) is 0 Å². The molecular formula is C14H23N5O2S. The molecule has 0 N–H and O–H groups in total. The number of nitrogens with zero attached hydrogens (tertiary/aromatic N) is 5. The fraction of sp³-hybridized carbons (Fsp3) is 0.714. The van der Waals surface area contributed by atoms with Crippen molar-refractivity contribution >= 4 is 16.0 Å². The van der Waals surface area contributed by atoms with E-state index in [-0.39, 0.29) is 0 Å². The summed E-state index contributed by atoms with van der Waals surface area (Å²) in [7, 11) is -3.32. The zero-order chi connectivity index (χ0) is 15.6. The average Bonchev–Trinajstić information content (AvgIpc) is 2.56. The topological polar surface area (TPSA) is 69.6 Å². The molecule has 7 nitrogen and oxygen atoms in total. The summed E-state index contributed by atoms with van der Waals surface area (Å²) in [5.74, 6) is 1.26. The first kappa shape index (κ1) is 15.6. The maximum atomic E-state index is 12.7. The predicted molar refractivity (Wildman–Crippen MR) is 84.7 cm³/mol. The van der Waals surface area contributed by atoms with Crippen molar-refractivity contribution < 1.29 is 8.42 Å². The van der Waals surface area contributed by atoms with Gasteiger partial charge < -0.3 is 4.90 Å². The monoisotopic (exact) mass is 325 g/mol. The van der Waals surface area contributed by atoms with E-state index in [4.69, 9.17) is 0 Å². The van der Waals surface area contributed by atoms with Crippen LogP contribution in [0.3, 0.4) is 0 Å². The summed E-state index contributed by atoms with van der Waals surface area (Å²) in [4.78, 5) is 10.4. The zero-order valence-electron chi connectivity index (χ0n) is 12.9. The lowest BCUT2D eigenvalue weighted by Crippen LogP contribution is -2.54. The van der Waals surface area contributed by atoms with Gasteiger partial charge in [0.1, 0.15) is 5.82 Å². The Hall–Kier alpha value is -1.25. The Balaban J connectivity index is 1.63. The van der Waals surface area contributed by atoms with Crippen LogP contribution in [-0.4, -0.2) is 66.3 Å². The van der Waals surface area contributed by atoms with E-state index in [0.717, 1.165) is 18.7 Å². The summed E-state index contributed by atoms with van der Waals surface area (Å²) < 4.78 is 28.7. The smallest absolute Gasteiger partial charge is 0.282 e. The second kappa shape index (κ2) is 6.47. The van der Waals surface area contributed by atoms with Gasteiger partial charge in [-0.15, -0.1) is 0 Å². The van der Waals surface area contributed by atoms with E-state index in [1.165, 1.54) is 0 Å². The van der Waals surface area contributed by atoms with Gasteiger partial charge in [-0.2, -0.15) is 17.0 Å². The van der Waals surface area contributed by atoms with Gasteiger partial charge in [0.25, 0.3) is 10.2 Å². The summed E-state index contributed by atoms with van der Waals surface area (Å²) in [5, 5.41) is 0. The normalized spacial score (nSPS) is 25.3. The number of piperazine rings is 1. The van der Waals surface area contributed by atoms with E-state index in [0.29, 0.717) is 45.2 Å². The Morgan fingerprint density at radius 3 is 2.50 bits per heavy atom. The molecule has 0 amide bonds. The predicted octanol–water partition coefficient (Wildman–Crippen LogP) is 0.575. The maximum Gasteiger partial charge on any atom is 0.282 e. The molecule has 122 valence electrons. The number of rotatable bonds is 3. The van der Waals surface area contributed by atoms with E-state index in [1.807, 2.05) is 0 Å². The van der Waals surface area contributed by atoms with Crippen molar-refractivity contribution in [2.45, 2.75) is 19.8 Å². The summed E-state index contributed by atoms with van der Waals surface area (Å²) in [5.41, 5.74) is 0. The highest BCUT2D eigenvalue weighted by Gasteiger charge is 2.34. The highest BCUT2D eigenvalue weighted by molar-refractivity contribution is 7.86. The first-order valence-corrected chi connectivity index (χ1v) is 9.23. The zero-order valence-corrected chi connectivity index (χ0v) is 13.7. The Bertz CT molecular complexity index is 587. The third-order valence-electron chi connectivity index (χ3n) is 4.38. The van der Waals surface area contributed by atoms with Gasteiger partial charge in [-0.3, -0.25) is 4.98 Å². The van der Waals surface area contributed by atoms with E-state index >= 15 is 0 Å². The first-order chi connectivity index (χ1) is 10.6. The lowest BCUT2D eigenvalue weighted by molar-refractivity contribution is 0.254. The van der Waals surface area contributed by atoms with Crippen molar-refractivity contribution in [3.8, 4) is 0 Å².